The topological polar surface area (TPSA) is 60.2 Å². The molecule has 0 unspecified atom stereocenters. The first kappa shape index (κ1) is 10.8. The van der Waals surface area contributed by atoms with Gasteiger partial charge < -0.3 is 0 Å². The van der Waals surface area contributed by atoms with Crippen LogP contribution < -0.4 is 0 Å². The molecular formula is C9H12NO3S+. The molecule has 14 heavy (non-hydrogen) atoms. The Morgan fingerprint density at radius 3 is 2.14 bits per heavy atom. The van der Waals surface area contributed by atoms with E-state index in [2.05, 4.69) is 0 Å². The number of rotatable bonds is 3. The van der Waals surface area contributed by atoms with E-state index in [1.54, 1.807) is 24.6 Å². The fourth-order valence-corrected chi connectivity index (χ4v) is 2.11. The molecule has 0 fully saturated rings. The first-order valence-electron chi connectivity index (χ1n) is 4.04. The highest BCUT2D eigenvalue weighted by Crippen LogP contribution is 2.14. The van der Waals surface area contributed by atoms with Crippen LogP contribution in [0.2, 0.25) is 0 Å². The third-order valence-corrected chi connectivity index (χ3v) is 2.69. The van der Waals surface area contributed by atoms with E-state index in [1.807, 2.05) is 0 Å². The van der Waals surface area contributed by atoms with E-state index < -0.39 is 14.9 Å². The van der Waals surface area contributed by atoms with Crippen LogP contribution in [-0.2, 0) is 19.9 Å². The van der Waals surface area contributed by atoms with Gasteiger partial charge in [-0.25, -0.2) is 0 Å². The molecule has 1 rings (SSSR count). The van der Waals surface area contributed by atoms with Gasteiger partial charge in [0.1, 0.15) is 18.3 Å². The van der Waals surface area contributed by atoms with E-state index in [9.17, 15) is 14.3 Å². The number of nitro groups is 1. The van der Waals surface area contributed by atoms with Gasteiger partial charge in [0.15, 0.2) is 0 Å². The van der Waals surface area contributed by atoms with Crippen LogP contribution in [0.5, 0.6) is 0 Å². The molecule has 0 saturated carbocycles. The summed E-state index contributed by atoms with van der Waals surface area (Å²) < 4.78 is 11.4. The summed E-state index contributed by atoms with van der Waals surface area (Å²) in [6.45, 7) is 0. The van der Waals surface area contributed by atoms with Gasteiger partial charge in [0.2, 0.25) is 0 Å². The molecule has 0 aliphatic rings. The second-order valence-electron chi connectivity index (χ2n) is 3.50. The maximum Gasteiger partial charge on any atom is 0.269 e. The summed E-state index contributed by atoms with van der Waals surface area (Å²) in [6, 6.07) is 6.15. The fraction of sp³-hybridized carbons (Fsp3) is 0.333. The van der Waals surface area contributed by atoms with Crippen LogP contribution in [0.15, 0.2) is 24.3 Å². The fourth-order valence-electron chi connectivity index (χ4n) is 1.12. The number of nitro benzene ring substituents is 1. The summed E-state index contributed by atoms with van der Waals surface area (Å²) in [4.78, 5) is 9.90. The highest BCUT2D eigenvalue weighted by atomic mass is 32.2. The molecule has 1 aromatic rings. The molecule has 76 valence electrons. The van der Waals surface area contributed by atoms with Crippen molar-refractivity contribution in [1.29, 1.82) is 0 Å². The highest BCUT2D eigenvalue weighted by Gasteiger charge is 2.14. The summed E-state index contributed by atoms with van der Waals surface area (Å²) in [7, 11) is -1.83. The van der Waals surface area contributed by atoms with Crippen LogP contribution in [0.1, 0.15) is 5.56 Å². The van der Waals surface area contributed by atoms with Crippen molar-refractivity contribution >= 4 is 15.6 Å². The van der Waals surface area contributed by atoms with Crippen LogP contribution in [-0.4, -0.2) is 17.4 Å². The molecule has 4 nitrogen and oxygen atoms in total. The predicted molar refractivity (Wildman–Crippen MR) is 56.7 cm³/mol. The van der Waals surface area contributed by atoms with Crippen LogP contribution in [0.4, 0.5) is 5.69 Å². The monoisotopic (exact) mass is 214 g/mol. The van der Waals surface area contributed by atoms with Crippen molar-refractivity contribution in [3.05, 3.63) is 39.9 Å². The average Bonchev–Trinajstić information content (AvgIpc) is 2.02. The Morgan fingerprint density at radius 2 is 1.79 bits per heavy atom. The van der Waals surface area contributed by atoms with E-state index in [0.717, 1.165) is 5.56 Å². The minimum atomic E-state index is -1.83. The second kappa shape index (κ2) is 3.88. The van der Waals surface area contributed by atoms with Gasteiger partial charge in [0.05, 0.1) is 14.9 Å². The van der Waals surface area contributed by atoms with Gasteiger partial charge in [-0.1, -0.05) is 0 Å². The van der Waals surface area contributed by atoms with Crippen LogP contribution in [0, 0.1) is 10.1 Å². The molecule has 0 spiro atoms. The van der Waals surface area contributed by atoms with E-state index in [4.69, 9.17) is 0 Å². The molecule has 0 amide bonds. The quantitative estimate of drug-likeness (QED) is 0.438. The van der Waals surface area contributed by atoms with Gasteiger partial charge in [0.25, 0.3) is 5.69 Å². The van der Waals surface area contributed by atoms with Crippen LogP contribution in [0.25, 0.3) is 0 Å². The number of non-ortho nitro benzene ring substituents is 1. The van der Waals surface area contributed by atoms with Gasteiger partial charge in [-0.15, -0.1) is 4.21 Å². The zero-order valence-corrected chi connectivity index (χ0v) is 8.91. The Morgan fingerprint density at radius 1 is 1.29 bits per heavy atom. The molecule has 0 radical (unpaired) electrons. The van der Waals surface area contributed by atoms with E-state index in [1.165, 1.54) is 12.1 Å². The van der Waals surface area contributed by atoms with Crippen molar-refractivity contribution in [2.24, 2.45) is 0 Å². The molecule has 0 aliphatic heterocycles. The standard InChI is InChI=1S/C9H12NO3S/c1-14(2,13)7-8-3-5-9(6-4-8)10(11)12/h3-6H,7H2,1-2H3/q+1. The molecular weight excluding hydrogens is 202 g/mol. The SMILES string of the molecule is C[S+](C)(=O)Cc1ccc([N+](=O)[O-])cc1. The number of nitrogens with zero attached hydrogens (tertiary/aromatic N) is 1. The summed E-state index contributed by atoms with van der Waals surface area (Å²) in [5.74, 6) is 0.463. The largest absolute Gasteiger partial charge is 0.269 e. The number of benzene rings is 1. The molecule has 0 heterocycles. The molecule has 0 saturated heterocycles. The van der Waals surface area contributed by atoms with E-state index in [-0.39, 0.29) is 5.69 Å². The summed E-state index contributed by atoms with van der Waals surface area (Å²) >= 11 is 0. The highest BCUT2D eigenvalue weighted by molar-refractivity contribution is 8.00. The first-order valence-corrected chi connectivity index (χ1v) is 6.58. The van der Waals surface area contributed by atoms with Crippen molar-refractivity contribution in [1.82, 2.24) is 0 Å². The van der Waals surface area contributed by atoms with Gasteiger partial charge in [0, 0.05) is 17.7 Å². The predicted octanol–water partition coefficient (Wildman–Crippen LogP) is 1.85. The molecule has 0 aromatic heterocycles. The van der Waals surface area contributed by atoms with E-state index >= 15 is 0 Å². The lowest BCUT2D eigenvalue weighted by molar-refractivity contribution is -0.384. The third kappa shape index (κ3) is 3.26. The Bertz CT molecular complexity index is 380. The smallest absolute Gasteiger partial charge is 0.258 e. The zero-order valence-electron chi connectivity index (χ0n) is 8.10. The maximum atomic E-state index is 11.4. The molecule has 0 bridgehead atoms. The van der Waals surface area contributed by atoms with Gasteiger partial charge in [-0.2, -0.15) is 0 Å². The molecule has 0 aliphatic carbocycles. The Kier molecular flexibility index (Phi) is 3.00. The first-order chi connectivity index (χ1) is 6.38. The second-order valence-corrected chi connectivity index (χ2v) is 6.67. The van der Waals surface area contributed by atoms with Crippen LogP contribution in [0.3, 0.4) is 0 Å². The lowest BCUT2D eigenvalue weighted by Crippen LogP contribution is -2.07. The van der Waals surface area contributed by atoms with Gasteiger partial charge in [-0.3, -0.25) is 10.1 Å². The number of hydrogen-bond acceptors (Lipinski definition) is 3. The van der Waals surface area contributed by atoms with Crippen LogP contribution >= 0.6 is 0 Å². The Balaban J connectivity index is 2.84. The van der Waals surface area contributed by atoms with E-state index in [0.29, 0.717) is 5.75 Å². The maximum absolute atomic E-state index is 11.4. The molecule has 1 aromatic carbocycles. The summed E-state index contributed by atoms with van der Waals surface area (Å²) in [6.07, 6.45) is 3.35. The van der Waals surface area contributed by atoms with Crippen molar-refractivity contribution in [3.8, 4) is 0 Å². The van der Waals surface area contributed by atoms with Gasteiger partial charge >= 0.3 is 0 Å². The normalized spacial score (nSPS) is 11.3. The number of hydrogen-bond donors (Lipinski definition) is 0. The lowest BCUT2D eigenvalue weighted by Gasteiger charge is -2.00. The molecule has 5 heteroatoms. The minimum absolute atomic E-state index is 0.0625. The van der Waals surface area contributed by atoms with Crippen molar-refractivity contribution < 1.29 is 9.13 Å². The average molecular weight is 214 g/mol. The Labute approximate surface area is 83.5 Å². The molecule has 0 atom stereocenters. The lowest BCUT2D eigenvalue weighted by atomic mass is 10.2. The van der Waals surface area contributed by atoms with Gasteiger partial charge in [-0.05, 0) is 12.1 Å². The summed E-state index contributed by atoms with van der Waals surface area (Å²) in [5.41, 5.74) is 0.929. The Hall–Kier alpha value is -1.23. The molecule has 0 N–H and O–H groups in total. The minimum Gasteiger partial charge on any atom is -0.258 e. The summed E-state index contributed by atoms with van der Waals surface area (Å²) in [5, 5.41) is 10.3. The van der Waals surface area contributed by atoms with Crippen molar-refractivity contribution in [2.75, 3.05) is 12.5 Å². The zero-order chi connectivity index (χ0) is 10.8. The van der Waals surface area contributed by atoms with Crippen molar-refractivity contribution in [3.63, 3.8) is 0 Å². The van der Waals surface area contributed by atoms with Crippen molar-refractivity contribution in [2.45, 2.75) is 5.75 Å². The third-order valence-electron chi connectivity index (χ3n) is 1.66.